The van der Waals surface area contributed by atoms with Crippen molar-refractivity contribution in [1.29, 1.82) is 0 Å². The van der Waals surface area contributed by atoms with Gasteiger partial charge in [0.05, 0.1) is 15.8 Å². The number of anilines is 1. The molecule has 37 heavy (non-hydrogen) atoms. The molecule has 10 heteroatoms. The molecule has 3 aromatic rings. The number of nitrogens with zero attached hydrogens (tertiary/aromatic N) is 2. The molecule has 0 atom stereocenters. The highest BCUT2D eigenvalue weighted by molar-refractivity contribution is 9.10. The zero-order valence-corrected chi connectivity index (χ0v) is 21.4. The molecule has 1 N–H and O–H groups in total. The minimum Gasteiger partial charge on any atom is -0.454 e. The van der Waals surface area contributed by atoms with Crippen LogP contribution in [0.15, 0.2) is 65.1 Å². The predicted octanol–water partition coefficient (Wildman–Crippen LogP) is 5.29. The van der Waals surface area contributed by atoms with Gasteiger partial charge >= 0.3 is 0 Å². The number of piperidine rings is 1. The third-order valence-corrected chi connectivity index (χ3v) is 7.29. The zero-order valence-electron chi connectivity index (χ0n) is 19.8. The Labute approximate surface area is 221 Å². The fraction of sp³-hybridized carbons (Fsp3) is 0.259. The lowest BCUT2D eigenvalue weighted by Crippen LogP contribution is -2.38. The summed E-state index contributed by atoms with van der Waals surface area (Å²) in [6.07, 6.45) is 1.73. The van der Waals surface area contributed by atoms with Crippen molar-refractivity contribution in [2.24, 2.45) is 0 Å². The van der Waals surface area contributed by atoms with Gasteiger partial charge in [-0.3, -0.25) is 19.7 Å². The summed E-state index contributed by atoms with van der Waals surface area (Å²) in [4.78, 5) is 38.1. The second-order valence-electron chi connectivity index (χ2n) is 8.99. The highest BCUT2D eigenvalue weighted by Gasteiger charge is 2.30. The smallest absolute Gasteiger partial charge is 0.296 e. The lowest BCUT2D eigenvalue weighted by molar-refractivity contribution is -0.386. The second-order valence-corrected chi connectivity index (χ2v) is 9.85. The summed E-state index contributed by atoms with van der Waals surface area (Å²) in [6, 6.07) is 17.9. The maximum absolute atomic E-state index is 13.0. The molecule has 3 aromatic carbocycles. The SMILES string of the molecule is O=C(Cc1ccc2c(c1)OCO2)Nc1ccc(C2CCN(C(=O)c3cccc(Br)c3[N+](=O)[O-])CC2)cc1. The highest BCUT2D eigenvalue weighted by Crippen LogP contribution is 2.34. The maximum Gasteiger partial charge on any atom is 0.296 e. The number of rotatable bonds is 6. The molecule has 1 saturated heterocycles. The monoisotopic (exact) mass is 565 g/mol. The predicted molar refractivity (Wildman–Crippen MR) is 140 cm³/mol. The van der Waals surface area contributed by atoms with E-state index in [0.717, 1.165) is 24.0 Å². The molecule has 0 saturated carbocycles. The Kier molecular flexibility index (Phi) is 7.09. The van der Waals surface area contributed by atoms with Crippen molar-refractivity contribution in [2.45, 2.75) is 25.2 Å². The number of carbonyl (C=O) groups is 2. The number of fused-ring (bicyclic) bond motifs is 1. The molecule has 2 amide bonds. The topological polar surface area (TPSA) is 111 Å². The fourth-order valence-corrected chi connectivity index (χ4v) is 5.25. The number of nitro groups is 1. The number of likely N-dealkylation sites (tertiary alicyclic amines) is 1. The molecule has 190 valence electrons. The summed E-state index contributed by atoms with van der Waals surface area (Å²) >= 11 is 3.18. The molecule has 1 fully saturated rings. The van der Waals surface area contributed by atoms with Crippen LogP contribution in [0.2, 0.25) is 0 Å². The molecule has 0 radical (unpaired) electrons. The molecule has 5 rings (SSSR count). The highest BCUT2D eigenvalue weighted by atomic mass is 79.9. The molecule has 9 nitrogen and oxygen atoms in total. The van der Waals surface area contributed by atoms with Crippen LogP contribution in [-0.4, -0.2) is 41.5 Å². The van der Waals surface area contributed by atoms with Gasteiger partial charge in [0.2, 0.25) is 12.7 Å². The number of ether oxygens (including phenoxy) is 2. The third kappa shape index (κ3) is 5.43. The Morgan fingerprint density at radius 2 is 1.76 bits per heavy atom. The number of carbonyl (C=O) groups excluding carboxylic acids is 2. The van der Waals surface area contributed by atoms with Gasteiger partial charge in [-0.2, -0.15) is 0 Å². The van der Waals surface area contributed by atoms with Crippen LogP contribution in [0, 0.1) is 10.1 Å². The van der Waals surface area contributed by atoms with Gasteiger partial charge < -0.3 is 19.7 Å². The Morgan fingerprint density at radius 3 is 2.49 bits per heavy atom. The van der Waals surface area contributed by atoms with Crippen LogP contribution in [-0.2, 0) is 11.2 Å². The van der Waals surface area contributed by atoms with Crippen LogP contribution >= 0.6 is 15.9 Å². The van der Waals surface area contributed by atoms with Gasteiger partial charge in [0.15, 0.2) is 11.5 Å². The quantitative estimate of drug-likeness (QED) is 0.321. The van der Waals surface area contributed by atoms with Crippen LogP contribution in [0.4, 0.5) is 11.4 Å². The van der Waals surface area contributed by atoms with Crippen molar-refractivity contribution >= 4 is 39.1 Å². The number of hydrogen-bond acceptors (Lipinski definition) is 6. The molecule has 2 aliphatic rings. The first-order valence-electron chi connectivity index (χ1n) is 11.9. The van der Waals surface area contributed by atoms with E-state index in [9.17, 15) is 19.7 Å². The van der Waals surface area contributed by atoms with Crippen molar-refractivity contribution in [1.82, 2.24) is 4.90 Å². The van der Waals surface area contributed by atoms with E-state index in [1.807, 2.05) is 36.4 Å². The number of nitro benzene ring substituents is 1. The number of nitrogens with one attached hydrogen (secondary N) is 1. The molecule has 0 aromatic heterocycles. The van der Waals surface area contributed by atoms with E-state index in [2.05, 4.69) is 21.2 Å². The molecule has 0 unspecified atom stereocenters. The largest absolute Gasteiger partial charge is 0.454 e. The lowest BCUT2D eigenvalue weighted by Gasteiger charge is -2.32. The molecule has 0 aliphatic carbocycles. The van der Waals surface area contributed by atoms with Crippen LogP contribution in [0.1, 0.15) is 40.2 Å². The summed E-state index contributed by atoms with van der Waals surface area (Å²) in [5, 5.41) is 14.4. The van der Waals surface area contributed by atoms with Gasteiger partial charge in [0, 0.05) is 18.8 Å². The number of amides is 2. The van der Waals surface area contributed by atoms with Gasteiger partial charge in [-0.25, -0.2) is 0 Å². The van der Waals surface area contributed by atoms with E-state index in [-0.39, 0.29) is 42.2 Å². The minimum absolute atomic E-state index is 0.0960. The van der Waals surface area contributed by atoms with E-state index in [0.29, 0.717) is 34.7 Å². The molecule has 0 spiro atoms. The zero-order chi connectivity index (χ0) is 25.9. The summed E-state index contributed by atoms with van der Waals surface area (Å²) in [7, 11) is 0. The number of hydrogen-bond donors (Lipinski definition) is 1. The van der Waals surface area contributed by atoms with Gasteiger partial charge in [-0.1, -0.05) is 24.3 Å². The van der Waals surface area contributed by atoms with E-state index >= 15 is 0 Å². The molecular weight excluding hydrogens is 542 g/mol. The first-order valence-corrected chi connectivity index (χ1v) is 12.7. The Bertz CT molecular complexity index is 1350. The first-order chi connectivity index (χ1) is 17.9. The standard InChI is InChI=1S/C27H24BrN3O6/c28-22-3-1-2-21(26(22)31(34)35)27(33)30-12-10-19(11-13-30)18-5-7-20(8-6-18)29-25(32)15-17-4-9-23-24(14-17)37-16-36-23/h1-9,14,19H,10-13,15-16H2,(H,29,32). The Morgan fingerprint density at radius 1 is 1.03 bits per heavy atom. The van der Waals surface area contributed by atoms with Gasteiger partial charge in [0.1, 0.15) is 5.56 Å². The van der Waals surface area contributed by atoms with Gasteiger partial charge in [-0.15, -0.1) is 0 Å². The molecular formula is C27H24BrN3O6. The van der Waals surface area contributed by atoms with Crippen LogP contribution in [0.25, 0.3) is 0 Å². The van der Waals surface area contributed by atoms with Crippen molar-refractivity contribution in [3.05, 3.63) is 91.9 Å². The summed E-state index contributed by atoms with van der Waals surface area (Å²) in [6.45, 7) is 1.22. The summed E-state index contributed by atoms with van der Waals surface area (Å²) < 4.78 is 11.0. The molecule has 0 bridgehead atoms. The first kappa shape index (κ1) is 24.8. The average Bonchev–Trinajstić information content (AvgIpc) is 3.36. The fourth-order valence-electron chi connectivity index (χ4n) is 4.74. The minimum atomic E-state index is -0.528. The van der Waals surface area contributed by atoms with Crippen molar-refractivity contribution in [2.75, 3.05) is 25.2 Å². The van der Waals surface area contributed by atoms with Crippen molar-refractivity contribution in [3.63, 3.8) is 0 Å². The average molecular weight is 566 g/mol. The third-order valence-electron chi connectivity index (χ3n) is 6.65. The lowest BCUT2D eigenvalue weighted by atomic mass is 9.89. The maximum atomic E-state index is 13.0. The second kappa shape index (κ2) is 10.6. The van der Waals surface area contributed by atoms with E-state index < -0.39 is 4.92 Å². The van der Waals surface area contributed by atoms with Gasteiger partial charge in [0.25, 0.3) is 11.6 Å². The van der Waals surface area contributed by atoms with Crippen molar-refractivity contribution in [3.8, 4) is 11.5 Å². The van der Waals surface area contributed by atoms with Crippen LogP contribution < -0.4 is 14.8 Å². The number of para-hydroxylation sites is 1. The van der Waals surface area contributed by atoms with E-state index in [1.165, 1.54) is 6.07 Å². The van der Waals surface area contributed by atoms with Crippen LogP contribution in [0.3, 0.4) is 0 Å². The van der Waals surface area contributed by atoms with Gasteiger partial charge in [-0.05, 0) is 82.2 Å². The number of benzene rings is 3. The van der Waals surface area contributed by atoms with E-state index in [1.54, 1.807) is 23.1 Å². The molecule has 2 heterocycles. The Balaban J connectivity index is 1.16. The Hall–Kier alpha value is -3.92. The number of halogens is 1. The van der Waals surface area contributed by atoms with Crippen LogP contribution in [0.5, 0.6) is 11.5 Å². The van der Waals surface area contributed by atoms with E-state index in [4.69, 9.17) is 9.47 Å². The molecule has 2 aliphatic heterocycles. The van der Waals surface area contributed by atoms with Crippen molar-refractivity contribution < 1.29 is 24.0 Å². The normalized spacial score (nSPS) is 14.9. The summed E-state index contributed by atoms with van der Waals surface area (Å²) in [5.74, 6) is 1.15. The summed E-state index contributed by atoms with van der Waals surface area (Å²) in [5.41, 5.74) is 2.58.